The predicted octanol–water partition coefficient (Wildman–Crippen LogP) is 2.79. The molecule has 3 atom stereocenters. The minimum atomic E-state index is -0.173. The number of rotatable bonds is 3. The number of carbonyl (C=O) groups is 1. The van der Waals surface area contributed by atoms with E-state index in [-0.39, 0.29) is 12.0 Å². The van der Waals surface area contributed by atoms with E-state index in [0.717, 1.165) is 18.5 Å². The van der Waals surface area contributed by atoms with Gasteiger partial charge in [-0.2, -0.15) is 0 Å². The van der Waals surface area contributed by atoms with Gasteiger partial charge in [-0.15, -0.1) is 0 Å². The van der Waals surface area contributed by atoms with Gasteiger partial charge in [0.05, 0.1) is 24.1 Å². The van der Waals surface area contributed by atoms with E-state index in [9.17, 15) is 4.79 Å². The van der Waals surface area contributed by atoms with E-state index in [2.05, 4.69) is 15.6 Å². The SMILES string of the molecule is O=C(Nc1ccc(Cl)nc1)c1ccc([C@@H]2O[C@H]3CN[C@@H]2C3)cc1. The zero-order valence-corrected chi connectivity index (χ0v) is 13.1. The van der Waals surface area contributed by atoms with Crippen LogP contribution in [0.5, 0.6) is 0 Å². The van der Waals surface area contributed by atoms with Crippen molar-refractivity contribution >= 4 is 23.2 Å². The fourth-order valence-corrected chi connectivity index (χ4v) is 3.27. The van der Waals surface area contributed by atoms with Gasteiger partial charge >= 0.3 is 0 Å². The molecule has 0 aliphatic carbocycles. The molecular weight excluding hydrogens is 314 g/mol. The maximum absolute atomic E-state index is 12.2. The lowest BCUT2D eigenvalue weighted by Gasteiger charge is -2.23. The van der Waals surface area contributed by atoms with Crippen LogP contribution >= 0.6 is 11.6 Å². The Bertz CT molecular complexity index is 718. The second-order valence-corrected chi connectivity index (χ2v) is 6.26. The van der Waals surface area contributed by atoms with Gasteiger partial charge in [0.15, 0.2) is 0 Å². The average Bonchev–Trinajstić information content (AvgIpc) is 3.20. The summed E-state index contributed by atoms with van der Waals surface area (Å²) in [5, 5.41) is 6.65. The van der Waals surface area contributed by atoms with Gasteiger partial charge in [-0.25, -0.2) is 4.98 Å². The highest BCUT2D eigenvalue weighted by Crippen LogP contribution is 2.36. The summed E-state index contributed by atoms with van der Waals surface area (Å²) in [6.07, 6.45) is 3.01. The summed E-state index contributed by atoms with van der Waals surface area (Å²) in [7, 11) is 0. The van der Waals surface area contributed by atoms with Crippen molar-refractivity contribution in [3.63, 3.8) is 0 Å². The van der Waals surface area contributed by atoms with Gasteiger partial charge in [0, 0.05) is 18.2 Å². The van der Waals surface area contributed by atoms with E-state index in [1.165, 1.54) is 6.20 Å². The number of pyridine rings is 1. The highest BCUT2D eigenvalue weighted by atomic mass is 35.5. The molecule has 2 aromatic rings. The lowest BCUT2D eigenvalue weighted by atomic mass is 10.0. The smallest absolute Gasteiger partial charge is 0.255 e. The number of morpholine rings is 1. The van der Waals surface area contributed by atoms with Gasteiger partial charge in [0.25, 0.3) is 5.91 Å². The quantitative estimate of drug-likeness (QED) is 0.850. The van der Waals surface area contributed by atoms with Crippen molar-refractivity contribution < 1.29 is 9.53 Å². The van der Waals surface area contributed by atoms with Crippen LogP contribution in [0.25, 0.3) is 0 Å². The molecule has 2 bridgehead atoms. The van der Waals surface area contributed by atoms with E-state index in [4.69, 9.17) is 16.3 Å². The minimum Gasteiger partial charge on any atom is -0.367 e. The van der Waals surface area contributed by atoms with Crippen molar-refractivity contribution in [1.29, 1.82) is 0 Å². The van der Waals surface area contributed by atoms with Crippen molar-refractivity contribution in [2.75, 3.05) is 11.9 Å². The second kappa shape index (κ2) is 5.92. The summed E-state index contributed by atoms with van der Waals surface area (Å²) in [5.74, 6) is -0.173. The Hall–Kier alpha value is -1.95. The molecule has 3 heterocycles. The largest absolute Gasteiger partial charge is 0.367 e. The molecule has 2 aliphatic heterocycles. The Kier molecular flexibility index (Phi) is 3.77. The molecule has 0 saturated carbocycles. The first kappa shape index (κ1) is 14.6. The molecule has 0 radical (unpaired) electrons. The van der Waals surface area contributed by atoms with Crippen LogP contribution in [0.4, 0.5) is 5.69 Å². The molecule has 6 heteroatoms. The van der Waals surface area contributed by atoms with E-state index < -0.39 is 0 Å². The fraction of sp³-hybridized carbons (Fsp3) is 0.294. The van der Waals surface area contributed by atoms with E-state index in [1.54, 1.807) is 12.1 Å². The normalized spacial score (nSPS) is 25.5. The summed E-state index contributed by atoms with van der Waals surface area (Å²) in [5.41, 5.74) is 2.32. The molecule has 5 nitrogen and oxygen atoms in total. The van der Waals surface area contributed by atoms with Crippen LogP contribution in [0, 0.1) is 0 Å². The Morgan fingerprint density at radius 2 is 2.09 bits per heavy atom. The molecule has 0 spiro atoms. The number of fused-ring (bicyclic) bond motifs is 2. The molecule has 1 aromatic carbocycles. The zero-order valence-electron chi connectivity index (χ0n) is 12.3. The monoisotopic (exact) mass is 329 g/mol. The summed E-state index contributed by atoms with van der Waals surface area (Å²) < 4.78 is 5.97. The number of benzene rings is 1. The molecule has 2 N–H and O–H groups in total. The number of ether oxygens (including phenoxy) is 1. The first-order valence-corrected chi connectivity index (χ1v) is 7.98. The highest BCUT2D eigenvalue weighted by Gasteiger charge is 2.41. The van der Waals surface area contributed by atoms with Gasteiger partial charge < -0.3 is 15.4 Å². The van der Waals surface area contributed by atoms with Crippen molar-refractivity contribution in [2.45, 2.75) is 24.7 Å². The molecule has 1 amide bonds. The van der Waals surface area contributed by atoms with Gasteiger partial charge in [-0.1, -0.05) is 23.7 Å². The maximum Gasteiger partial charge on any atom is 0.255 e. The maximum atomic E-state index is 12.2. The zero-order chi connectivity index (χ0) is 15.8. The Morgan fingerprint density at radius 1 is 1.26 bits per heavy atom. The first-order chi connectivity index (χ1) is 11.2. The van der Waals surface area contributed by atoms with Gasteiger partial charge in [-0.05, 0) is 36.2 Å². The number of hydrogen-bond donors (Lipinski definition) is 2. The van der Waals surface area contributed by atoms with Crippen molar-refractivity contribution in [1.82, 2.24) is 10.3 Å². The summed E-state index contributed by atoms with van der Waals surface area (Å²) in [6.45, 7) is 0.941. The Morgan fingerprint density at radius 3 is 2.70 bits per heavy atom. The lowest BCUT2D eigenvalue weighted by Crippen LogP contribution is -2.34. The van der Waals surface area contributed by atoms with Gasteiger partial charge in [0.1, 0.15) is 5.15 Å². The predicted molar refractivity (Wildman–Crippen MR) is 87.7 cm³/mol. The van der Waals surface area contributed by atoms with Crippen molar-refractivity contribution in [3.8, 4) is 0 Å². The minimum absolute atomic E-state index is 0.0892. The van der Waals surface area contributed by atoms with Crippen LogP contribution in [0.1, 0.15) is 28.4 Å². The number of anilines is 1. The standard InChI is InChI=1S/C17H16ClN3O2/c18-15-6-5-12(8-20-15)21-17(22)11-3-1-10(2-4-11)16-14-7-13(23-16)9-19-14/h1-6,8,13-14,16,19H,7,9H2,(H,21,22)/t13-,14-,16+/m1/s1. The fourth-order valence-electron chi connectivity index (χ4n) is 3.16. The lowest BCUT2D eigenvalue weighted by molar-refractivity contribution is 0.0160. The third-order valence-corrected chi connectivity index (χ3v) is 4.54. The van der Waals surface area contributed by atoms with Gasteiger partial charge in [-0.3, -0.25) is 4.79 Å². The van der Waals surface area contributed by atoms with Crippen LogP contribution in [-0.2, 0) is 4.74 Å². The van der Waals surface area contributed by atoms with Crippen LogP contribution in [0.2, 0.25) is 5.15 Å². The van der Waals surface area contributed by atoms with Crippen LogP contribution in [0.15, 0.2) is 42.6 Å². The Balaban J connectivity index is 1.45. The number of nitrogens with zero attached hydrogens (tertiary/aromatic N) is 1. The number of amides is 1. The number of aromatic nitrogens is 1. The molecule has 1 aromatic heterocycles. The molecule has 118 valence electrons. The van der Waals surface area contributed by atoms with Crippen LogP contribution in [0.3, 0.4) is 0 Å². The van der Waals surface area contributed by atoms with Gasteiger partial charge in [0.2, 0.25) is 0 Å². The Labute approximate surface area is 139 Å². The second-order valence-electron chi connectivity index (χ2n) is 5.87. The molecular formula is C17H16ClN3O2. The van der Waals surface area contributed by atoms with Crippen LogP contribution < -0.4 is 10.6 Å². The molecule has 4 rings (SSSR count). The summed E-state index contributed by atoms with van der Waals surface area (Å²) in [6, 6.07) is 11.3. The van der Waals surface area contributed by atoms with Crippen molar-refractivity contribution in [3.05, 3.63) is 58.9 Å². The average molecular weight is 330 g/mol. The highest BCUT2D eigenvalue weighted by molar-refractivity contribution is 6.29. The molecule has 2 aliphatic rings. The molecule has 2 fully saturated rings. The number of hydrogen-bond acceptors (Lipinski definition) is 4. The van der Waals surface area contributed by atoms with E-state index in [0.29, 0.717) is 28.5 Å². The number of carbonyl (C=O) groups excluding carboxylic acids is 1. The molecule has 0 unspecified atom stereocenters. The van der Waals surface area contributed by atoms with Crippen LogP contribution in [-0.4, -0.2) is 29.6 Å². The molecule has 2 saturated heterocycles. The number of nitrogens with one attached hydrogen (secondary N) is 2. The molecule has 23 heavy (non-hydrogen) atoms. The van der Waals surface area contributed by atoms with Crippen molar-refractivity contribution in [2.24, 2.45) is 0 Å². The van der Waals surface area contributed by atoms with E-state index >= 15 is 0 Å². The third kappa shape index (κ3) is 2.95. The number of halogens is 1. The topological polar surface area (TPSA) is 63.2 Å². The first-order valence-electron chi connectivity index (χ1n) is 7.61. The summed E-state index contributed by atoms with van der Waals surface area (Å²) >= 11 is 5.73. The summed E-state index contributed by atoms with van der Waals surface area (Å²) in [4.78, 5) is 16.2. The third-order valence-electron chi connectivity index (χ3n) is 4.32. The van der Waals surface area contributed by atoms with E-state index in [1.807, 2.05) is 24.3 Å².